The Bertz CT molecular complexity index is 951. The lowest BCUT2D eigenvalue weighted by Crippen LogP contribution is -2.25. The molecule has 1 aliphatic carbocycles. The summed E-state index contributed by atoms with van der Waals surface area (Å²) >= 11 is 0. The van der Waals surface area contributed by atoms with Gasteiger partial charge in [-0.25, -0.2) is 0 Å². The van der Waals surface area contributed by atoms with Crippen LogP contribution >= 0.6 is 0 Å². The molecule has 0 spiro atoms. The van der Waals surface area contributed by atoms with E-state index < -0.39 is 0 Å². The topological polar surface area (TPSA) is 71.3 Å². The monoisotopic (exact) mass is 348 g/mol. The van der Waals surface area contributed by atoms with Gasteiger partial charge in [-0.15, -0.1) is 0 Å². The fourth-order valence-electron chi connectivity index (χ4n) is 3.51. The van der Waals surface area contributed by atoms with Crippen LogP contribution in [0.3, 0.4) is 0 Å². The first-order chi connectivity index (χ1) is 12.7. The highest BCUT2D eigenvalue weighted by Crippen LogP contribution is 2.35. The normalized spacial score (nSPS) is 12.3. The molecule has 0 unspecified atom stereocenters. The van der Waals surface area contributed by atoms with Gasteiger partial charge in [0.1, 0.15) is 0 Å². The van der Waals surface area contributed by atoms with Gasteiger partial charge in [0.25, 0.3) is 5.91 Å². The minimum Gasteiger partial charge on any atom is -0.459 e. The molecule has 4 rings (SSSR count). The molecule has 0 atom stereocenters. The highest BCUT2D eigenvalue weighted by molar-refractivity contribution is 6.05. The molecule has 3 aromatic rings. The van der Waals surface area contributed by atoms with Crippen molar-refractivity contribution < 1.29 is 14.0 Å². The zero-order valence-electron chi connectivity index (χ0n) is 14.4. The maximum atomic E-state index is 12.3. The van der Waals surface area contributed by atoms with Gasteiger partial charge < -0.3 is 15.1 Å². The van der Waals surface area contributed by atoms with Gasteiger partial charge in [0, 0.05) is 24.0 Å². The van der Waals surface area contributed by atoms with E-state index >= 15 is 0 Å². The standard InChI is InChI=1S/C21H20N2O3/c24-19(7-2-12-22-21(25)18-6-3-13-26-18)23-17-11-10-15-9-8-14-4-1-5-16(17)20(14)15/h1,3-6,10-11,13H,2,7-9,12H2,(H,22,25)(H,23,24). The first-order valence-corrected chi connectivity index (χ1v) is 8.87. The summed E-state index contributed by atoms with van der Waals surface area (Å²) in [5.74, 6) is -0.0267. The Morgan fingerprint density at radius 2 is 1.85 bits per heavy atom. The Morgan fingerprint density at radius 3 is 2.65 bits per heavy atom. The molecular weight excluding hydrogens is 328 g/mol. The van der Waals surface area contributed by atoms with Crippen molar-refractivity contribution in [3.63, 3.8) is 0 Å². The first kappa shape index (κ1) is 16.4. The van der Waals surface area contributed by atoms with Gasteiger partial charge >= 0.3 is 0 Å². The van der Waals surface area contributed by atoms with E-state index in [1.165, 1.54) is 22.8 Å². The fourth-order valence-corrected chi connectivity index (χ4v) is 3.51. The minimum absolute atomic E-state index is 0.0454. The molecule has 26 heavy (non-hydrogen) atoms. The van der Waals surface area contributed by atoms with Crippen molar-refractivity contribution >= 4 is 28.3 Å². The number of benzene rings is 2. The van der Waals surface area contributed by atoms with Crippen LogP contribution in [0.2, 0.25) is 0 Å². The van der Waals surface area contributed by atoms with Crippen molar-refractivity contribution in [2.75, 3.05) is 11.9 Å². The maximum Gasteiger partial charge on any atom is 0.286 e. The quantitative estimate of drug-likeness (QED) is 0.668. The molecule has 2 N–H and O–H groups in total. The molecule has 132 valence electrons. The van der Waals surface area contributed by atoms with Crippen LogP contribution in [0.15, 0.2) is 53.1 Å². The van der Waals surface area contributed by atoms with E-state index in [2.05, 4.69) is 28.8 Å². The molecule has 1 aromatic heterocycles. The van der Waals surface area contributed by atoms with Crippen LogP contribution < -0.4 is 10.6 Å². The average molecular weight is 348 g/mol. The molecule has 0 saturated carbocycles. The fraction of sp³-hybridized carbons (Fsp3) is 0.238. The van der Waals surface area contributed by atoms with E-state index in [0.717, 1.165) is 23.9 Å². The molecule has 0 fully saturated rings. The zero-order chi connectivity index (χ0) is 17.9. The SMILES string of the molecule is O=C(CCCNC(=O)c1ccco1)Nc1ccc2c3c(cccc13)CC2. The Morgan fingerprint density at radius 1 is 1.00 bits per heavy atom. The number of hydrogen-bond donors (Lipinski definition) is 2. The molecule has 1 heterocycles. The van der Waals surface area contributed by atoms with Gasteiger partial charge in [0.05, 0.1) is 6.26 Å². The lowest BCUT2D eigenvalue weighted by atomic mass is 10.0. The van der Waals surface area contributed by atoms with Crippen molar-refractivity contribution in [2.24, 2.45) is 0 Å². The van der Waals surface area contributed by atoms with Crippen molar-refractivity contribution in [2.45, 2.75) is 25.7 Å². The van der Waals surface area contributed by atoms with Gasteiger partial charge in [-0.3, -0.25) is 9.59 Å². The summed E-state index contributed by atoms with van der Waals surface area (Å²) in [6.07, 6.45) is 4.51. The Hall–Kier alpha value is -3.08. The lowest BCUT2D eigenvalue weighted by Gasteiger charge is -2.11. The Balaban J connectivity index is 1.33. The third kappa shape index (κ3) is 3.20. The number of carbonyl (C=O) groups is 2. The minimum atomic E-state index is -0.261. The van der Waals surface area contributed by atoms with E-state index in [-0.39, 0.29) is 17.6 Å². The molecule has 0 radical (unpaired) electrons. The second kappa shape index (κ2) is 7.04. The molecule has 0 saturated heterocycles. The molecule has 1 aliphatic rings. The van der Waals surface area contributed by atoms with Gasteiger partial charge in [-0.2, -0.15) is 0 Å². The highest BCUT2D eigenvalue weighted by Gasteiger charge is 2.16. The molecule has 2 amide bonds. The number of rotatable bonds is 6. The van der Waals surface area contributed by atoms with Crippen LogP contribution in [-0.4, -0.2) is 18.4 Å². The van der Waals surface area contributed by atoms with Gasteiger partial charge in [0.2, 0.25) is 5.91 Å². The number of anilines is 1. The second-order valence-corrected chi connectivity index (χ2v) is 6.50. The van der Waals surface area contributed by atoms with Crippen molar-refractivity contribution in [3.05, 3.63) is 65.6 Å². The van der Waals surface area contributed by atoms with Gasteiger partial charge in [-0.05, 0) is 54.0 Å². The molecule has 5 nitrogen and oxygen atoms in total. The summed E-state index contributed by atoms with van der Waals surface area (Å²) < 4.78 is 5.03. The average Bonchev–Trinajstić information content (AvgIpc) is 3.32. The summed E-state index contributed by atoms with van der Waals surface area (Å²) in [4.78, 5) is 24.0. The van der Waals surface area contributed by atoms with Gasteiger partial charge in [-0.1, -0.05) is 24.3 Å². The number of carbonyl (C=O) groups excluding carboxylic acids is 2. The van der Waals surface area contributed by atoms with Crippen LogP contribution in [0.5, 0.6) is 0 Å². The molecular formula is C21H20N2O3. The van der Waals surface area contributed by atoms with Crippen LogP contribution in [-0.2, 0) is 17.6 Å². The van der Waals surface area contributed by atoms with E-state index in [4.69, 9.17) is 4.42 Å². The summed E-state index contributed by atoms with van der Waals surface area (Å²) in [7, 11) is 0. The van der Waals surface area contributed by atoms with Crippen LogP contribution in [0, 0.1) is 0 Å². The predicted molar refractivity (Wildman–Crippen MR) is 100 cm³/mol. The molecule has 5 heteroatoms. The lowest BCUT2D eigenvalue weighted by molar-refractivity contribution is -0.116. The number of aryl methyl sites for hydroxylation is 2. The number of amides is 2. The van der Waals surface area contributed by atoms with Crippen LogP contribution in [0.4, 0.5) is 5.69 Å². The molecule has 0 aliphatic heterocycles. The smallest absolute Gasteiger partial charge is 0.286 e. The van der Waals surface area contributed by atoms with Crippen LogP contribution in [0.1, 0.15) is 34.5 Å². The van der Waals surface area contributed by atoms with E-state index in [1.807, 2.05) is 12.1 Å². The predicted octanol–water partition coefficient (Wildman–Crippen LogP) is 3.68. The number of nitrogens with one attached hydrogen (secondary N) is 2. The molecule has 2 aromatic carbocycles. The van der Waals surface area contributed by atoms with Crippen LogP contribution in [0.25, 0.3) is 10.8 Å². The summed E-state index contributed by atoms with van der Waals surface area (Å²) in [5.41, 5.74) is 3.57. The largest absolute Gasteiger partial charge is 0.459 e. The number of furan rings is 1. The van der Waals surface area contributed by atoms with Crippen molar-refractivity contribution in [3.8, 4) is 0 Å². The third-order valence-electron chi connectivity index (χ3n) is 4.76. The highest BCUT2D eigenvalue weighted by atomic mass is 16.3. The van der Waals surface area contributed by atoms with Gasteiger partial charge in [0.15, 0.2) is 5.76 Å². The first-order valence-electron chi connectivity index (χ1n) is 8.87. The number of hydrogen-bond acceptors (Lipinski definition) is 3. The van der Waals surface area contributed by atoms with E-state index in [9.17, 15) is 9.59 Å². The van der Waals surface area contributed by atoms with E-state index in [0.29, 0.717) is 19.4 Å². The Kier molecular flexibility index (Phi) is 4.44. The molecule has 0 bridgehead atoms. The zero-order valence-corrected chi connectivity index (χ0v) is 14.4. The van der Waals surface area contributed by atoms with Crippen molar-refractivity contribution in [1.29, 1.82) is 0 Å². The second-order valence-electron chi connectivity index (χ2n) is 6.50. The summed E-state index contributed by atoms with van der Waals surface area (Å²) in [6.45, 7) is 0.427. The third-order valence-corrected chi connectivity index (χ3v) is 4.76. The summed E-state index contributed by atoms with van der Waals surface area (Å²) in [6, 6.07) is 13.6. The Labute approximate surface area is 151 Å². The van der Waals surface area contributed by atoms with Crippen molar-refractivity contribution in [1.82, 2.24) is 5.32 Å². The summed E-state index contributed by atoms with van der Waals surface area (Å²) in [5, 5.41) is 8.15. The van der Waals surface area contributed by atoms with E-state index in [1.54, 1.807) is 12.1 Å². The maximum absolute atomic E-state index is 12.3.